The van der Waals surface area contributed by atoms with Crippen LogP contribution in [0.2, 0.25) is 0 Å². The van der Waals surface area contributed by atoms with Crippen LogP contribution in [0.5, 0.6) is 0 Å². The topological polar surface area (TPSA) is 78.0 Å². The number of hydrogen-bond donors (Lipinski definition) is 3. The van der Waals surface area contributed by atoms with Crippen LogP contribution in [0.15, 0.2) is 4.99 Å². The molecule has 1 heterocycles. The second-order valence-electron chi connectivity index (χ2n) is 8.61. The van der Waals surface area contributed by atoms with Gasteiger partial charge in [0.15, 0.2) is 5.96 Å². The van der Waals surface area contributed by atoms with Crippen molar-refractivity contribution in [3.8, 4) is 0 Å². The fourth-order valence-corrected chi connectivity index (χ4v) is 4.00. The Kier molecular flexibility index (Phi) is 13.1. The third-order valence-electron chi connectivity index (χ3n) is 5.40. The molecule has 29 heavy (non-hydrogen) atoms. The Hall–Kier alpha value is -0.610. The lowest BCUT2D eigenvalue weighted by Gasteiger charge is -2.31. The van der Waals surface area contributed by atoms with Gasteiger partial charge < -0.3 is 20.7 Å². The molecule has 1 amide bonds. The minimum atomic E-state index is 0. The van der Waals surface area contributed by atoms with Crippen molar-refractivity contribution in [2.24, 2.45) is 16.8 Å². The number of carbonyl (C=O) groups is 1. The molecule has 0 aromatic carbocycles. The maximum atomic E-state index is 12.4. The average Bonchev–Trinajstić information content (AvgIpc) is 2.67. The molecule has 1 saturated heterocycles. The van der Waals surface area contributed by atoms with Crippen LogP contribution in [0.3, 0.4) is 0 Å². The van der Waals surface area contributed by atoms with Gasteiger partial charge in [0.1, 0.15) is 0 Å². The standard InChI is InChI=1S/C21H41N5O2.HI/c1-5-22-21(23-14-17(4)15-26-9-11-28-12-10-26)25-19-8-6-7-18(13-19)20(27)24-16(2)3;/h16-19H,5-15H2,1-4H3,(H,24,27)(H2,22,23,25);1H. The van der Waals surface area contributed by atoms with Gasteiger partial charge in [-0.15, -0.1) is 24.0 Å². The lowest BCUT2D eigenvalue weighted by atomic mass is 9.85. The van der Waals surface area contributed by atoms with Crippen molar-refractivity contribution in [3.05, 3.63) is 0 Å². The highest BCUT2D eigenvalue weighted by molar-refractivity contribution is 14.0. The summed E-state index contributed by atoms with van der Waals surface area (Å²) < 4.78 is 5.42. The van der Waals surface area contributed by atoms with E-state index >= 15 is 0 Å². The SMILES string of the molecule is CCNC(=NCC(C)CN1CCOCC1)NC1CCCC(C(=O)NC(C)C)C1.I. The van der Waals surface area contributed by atoms with Crippen LogP contribution < -0.4 is 16.0 Å². The van der Waals surface area contributed by atoms with Gasteiger partial charge in [0.25, 0.3) is 0 Å². The summed E-state index contributed by atoms with van der Waals surface area (Å²) in [6.45, 7) is 14.8. The van der Waals surface area contributed by atoms with Crippen LogP contribution >= 0.6 is 24.0 Å². The molecular weight excluding hydrogens is 481 g/mol. The van der Waals surface area contributed by atoms with E-state index < -0.39 is 0 Å². The third kappa shape index (κ3) is 10.3. The van der Waals surface area contributed by atoms with Gasteiger partial charge in [0, 0.05) is 50.7 Å². The zero-order valence-electron chi connectivity index (χ0n) is 18.7. The average molecular weight is 524 g/mol. The summed E-state index contributed by atoms with van der Waals surface area (Å²) in [4.78, 5) is 19.7. The number of amides is 1. The second kappa shape index (κ2) is 14.4. The molecule has 7 nitrogen and oxygen atoms in total. The minimum absolute atomic E-state index is 0. The minimum Gasteiger partial charge on any atom is -0.379 e. The Morgan fingerprint density at radius 1 is 1.21 bits per heavy atom. The summed E-state index contributed by atoms with van der Waals surface area (Å²) in [6, 6.07) is 0.511. The van der Waals surface area contributed by atoms with Gasteiger partial charge in [-0.2, -0.15) is 0 Å². The predicted octanol–water partition coefficient (Wildman–Crippen LogP) is 2.21. The normalized spacial score (nSPS) is 24.5. The highest BCUT2D eigenvalue weighted by atomic mass is 127. The van der Waals surface area contributed by atoms with E-state index in [1.54, 1.807) is 0 Å². The van der Waals surface area contributed by atoms with Crippen molar-refractivity contribution in [2.75, 3.05) is 45.9 Å². The summed E-state index contributed by atoms with van der Waals surface area (Å²) in [5.74, 6) is 1.69. The molecule has 2 aliphatic rings. The molecule has 3 atom stereocenters. The molecule has 0 bridgehead atoms. The van der Waals surface area contributed by atoms with E-state index in [4.69, 9.17) is 9.73 Å². The Labute approximate surface area is 194 Å². The van der Waals surface area contributed by atoms with Crippen LogP contribution in [0, 0.1) is 11.8 Å². The van der Waals surface area contributed by atoms with E-state index in [2.05, 4.69) is 34.7 Å². The summed E-state index contributed by atoms with van der Waals surface area (Å²) in [5, 5.41) is 10.0. The molecule has 0 aromatic heterocycles. The Balaban J connectivity index is 0.00000420. The number of aliphatic imine (C=N–C) groups is 1. The van der Waals surface area contributed by atoms with Crippen LogP contribution in [-0.2, 0) is 9.53 Å². The van der Waals surface area contributed by atoms with E-state index in [-0.39, 0.29) is 41.8 Å². The van der Waals surface area contributed by atoms with Gasteiger partial charge in [-0.05, 0) is 46.0 Å². The molecular formula is C21H42IN5O2. The first-order valence-corrected chi connectivity index (χ1v) is 11.1. The van der Waals surface area contributed by atoms with Crippen molar-refractivity contribution in [3.63, 3.8) is 0 Å². The first kappa shape index (κ1) is 26.4. The molecule has 1 aliphatic carbocycles. The number of nitrogens with one attached hydrogen (secondary N) is 3. The van der Waals surface area contributed by atoms with Gasteiger partial charge in [-0.3, -0.25) is 14.7 Å². The fraction of sp³-hybridized carbons (Fsp3) is 0.905. The number of morpholine rings is 1. The van der Waals surface area contributed by atoms with Crippen molar-refractivity contribution >= 4 is 35.8 Å². The lowest BCUT2D eigenvalue weighted by molar-refractivity contribution is -0.126. The molecule has 0 radical (unpaired) electrons. The van der Waals surface area contributed by atoms with Gasteiger partial charge in [0.05, 0.1) is 13.2 Å². The first-order valence-electron chi connectivity index (χ1n) is 11.1. The van der Waals surface area contributed by atoms with Crippen molar-refractivity contribution < 1.29 is 9.53 Å². The third-order valence-corrected chi connectivity index (χ3v) is 5.40. The molecule has 0 aromatic rings. The summed E-state index contributed by atoms with van der Waals surface area (Å²) in [5.41, 5.74) is 0. The Morgan fingerprint density at radius 2 is 1.93 bits per heavy atom. The molecule has 8 heteroatoms. The summed E-state index contributed by atoms with van der Waals surface area (Å²) >= 11 is 0. The molecule has 1 aliphatic heterocycles. The highest BCUT2D eigenvalue weighted by Crippen LogP contribution is 2.24. The van der Waals surface area contributed by atoms with E-state index in [0.717, 1.165) is 77.6 Å². The molecule has 1 saturated carbocycles. The number of halogens is 1. The number of carbonyl (C=O) groups excluding carboxylic acids is 1. The first-order chi connectivity index (χ1) is 13.5. The summed E-state index contributed by atoms with van der Waals surface area (Å²) in [6.07, 6.45) is 4.05. The number of nitrogens with zero attached hydrogens (tertiary/aromatic N) is 2. The highest BCUT2D eigenvalue weighted by Gasteiger charge is 2.28. The van der Waals surface area contributed by atoms with Gasteiger partial charge in [0.2, 0.25) is 5.91 Å². The van der Waals surface area contributed by atoms with Crippen molar-refractivity contribution in [2.45, 2.75) is 65.5 Å². The Bertz CT molecular complexity index is 497. The zero-order valence-corrected chi connectivity index (χ0v) is 21.0. The van der Waals surface area contributed by atoms with Crippen LogP contribution in [0.1, 0.15) is 53.4 Å². The van der Waals surface area contributed by atoms with Crippen LogP contribution in [0.4, 0.5) is 0 Å². The zero-order chi connectivity index (χ0) is 20.4. The predicted molar refractivity (Wildman–Crippen MR) is 130 cm³/mol. The monoisotopic (exact) mass is 523 g/mol. The molecule has 2 rings (SSSR count). The number of ether oxygens (including phenoxy) is 1. The summed E-state index contributed by atoms with van der Waals surface area (Å²) in [7, 11) is 0. The molecule has 0 spiro atoms. The van der Waals surface area contributed by atoms with Gasteiger partial charge in [-0.1, -0.05) is 13.3 Å². The molecule has 3 N–H and O–H groups in total. The number of hydrogen-bond acceptors (Lipinski definition) is 4. The van der Waals surface area contributed by atoms with E-state index in [9.17, 15) is 4.79 Å². The van der Waals surface area contributed by atoms with E-state index in [1.807, 2.05) is 13.8 Å². The second-order valence-corrected chi connectivity index (χ2v) is 8.61. The van der Waals surface area contributed by atoms with Crippen molar-refractivity contribution in [1.29, 1.82) is 0 Å². The van der Waals surface area contributed by atoms with Crippen molar-refractivity contribution in [1.82, 2.24) is 20.9 Å². The fourth-order valence-electron chi connectivity index (χ4n) is 4.00. The smallest absolute Gasteiger partial charge is 0.223 e. The van der Waals surface area contributed by atoms with E-state index in [0.29, 0.717) is 12.0 Å². The number of rotatable bonds is 8. The van der Waals surface area contributed by atoms with E-state index in [1.165, 1.54) is 0 Å². The lowest BCUT2D eigenvalue weighted by Crippen LogP contribution is -2.47. The maximum absolute atomic E-state index is 12.4. The number of guanidine groups is 1. The maximum Gasteiger partial charge on any atom is 0.223 e. The Morgan fingerprint density at radius 3 is 2.59 bits per heavy atom. The van der Waals surface area contributed by atoms with Crippen LogP contribution in [-0.4, -0.2) is 74.8 Å². The molecule has 2 fully saturated rings. The van der Waals surface area contributed by atoms with Gasteiger partial charge >= 0.3 is 0 Å². The van der Waals surface area contributed by atoms with Crippen LogP contribution in [0.25, 0.3) is 0 Å². The molecule has 3 unspecified atom stereocenters. The van der Waals surface area contributed by atoms with Gasteiger partial charge in [-0.25, -0.2) is 0 Å². The largest absolute Gasteiger partial charge is 0.379 e. The molecule has 170 valence electrons. The quantitative estimate of drug-likeness (QED) is 0.259.